The minimum Gasteiger partial charge on any atom is -0.484 e. The van der Waals surface area contributed by atoms with Crippen molar-refractivity contribution >= 4 is 11.9 Å². The number of carbonyl (C=O) groups is 1. The molecule has 3 aromatic carbocycles. The van der Waals surface area contributed by atoms with Crippen LogP contribution in [0.15, 0.2) is 54.6 Å². The average molecular weight is 483 g/mol. The molecule has 0 fully saturated rings. The number of ketones is 1. The zero-order valence-electron chi connectivity index (χ0n) is 22.6. The van der Waals surface area contributed by atoms with Crippen LogP contribution in [0, 0.1) is 34.6 Å². The molecule has 0 amide bonds. The summed E-state index contributed by atoms with van der Waals surface area (Å²) in [4.78, 5) is 12.9. The van der Waals surface area contributed by atoms with E-state index in [0.717, 1.165) is 34.4 Å². The molecule has 0 radical (unpaired) electrons. The highest BCUT2D eigenvalue weighted by atomic mass is 16.5. The molecule has 1 aliphatic heterocycles. The number of rotatable bonds is 8. The van der Waals surface area contributed by atoms with Crippen LogP contribution in [0.1, 0.15) is 75.9 Å². The van der Waals surface area contributed by atoms with Crippen molar-refractivity contribution in [2.75, 3.05) is 6.61 Å². The molecule has 0 saturated heterocycles. The largest absolute Gasteiger partial charge is 0.484 e. The van der Waals surface area contributed by atoms with E-state index in [9.17, 15) is 4.79 Å². The molecule has 0 aromatic heterocycles. The van der Waals surface area contributed by atoms with Gasteiger partial charge in [-0.3, -0.25) is 4.79 Å². The fourth-order valence-electron chi connectivity index (χ4n) is 5.03. The Morgan fingerprint density at radius 3 is 2.25 bits per heavy atom. The fourth-order valence-corrected chi connectivity index (χ4v) is 5.03. The van der Waals surface area contributed by atoms with Gasteiger partial charge in [0.25, 0.3) is 0 Å². The molecule has 188 valence electrons. The highest BCUT2D eigenvalue weighted by Crippen LogP contribution is 2.50. The Balaban J connectivity index is 1.51. The first-order chi connectivity index (χ1) is 17.2. The summed E-state index contributed by atoms with van der Waals surface area (Å²) in [6.07, 6.45) is 4.81. The molecular weight excluding hydrogens is 444 g/mol. The lowest BCUT2D eigenvalue weighted by atomic mass is 9.84. The van der Waals surface area contributed by atoms with Gasteiger partial charge in [-0.15, -0.1) is 0 Å². The quantitative estimate of drug-likeness (QED) is 0.330. The number of fused-ring (bicyclic) bond motifs is 1. The molecule has 0 spiro atoms. The number of hydrogen-bond acceptors (Lipinski definition) is 3. The van der Waals surface area contributed by atoms with E-state index < -0.39 is 0 Å². The maximum Gasteiger partial charge on any atom is 0.141 e. The van der Waals surface area contributed by atoms with Gasteiger partial charge in [-0.25, -0.2) is 0 Å². The average Bonchev–Trinajstić information content (AvgIpc) is 3.24. The van der Waals surface area contributed by atoms with Crippen LogP contribution in [-0.4, -0.2) is 18.5 Å². The van der Waals surface area contributed by atoms with Crippen molar-refractivity contribution in [3.8, 4) is 5.75 Å². The van der Waals surface area contributed by atoms with E-state index in [1.165, 1.54) is 27.8 Å². The summed E-state index contributed by atoms with van der Waals surface area (Å²) >= 11 is 0. The van der Waals surface area contributed by atoms with E-state index in [0.29, 0.717) is 6.61 Å². The van der Waals surface area contributed by atoms with Gasteiger partial charge in [0.1, 0.15) is 17.6 Å². The number of ether oxygens (including phenoxy) is 2. The zero-order valence-corrected chi connectivity index (χ0v) is 22.6. The molecule has 4 rings (SSSR count). The van der Waals surface area contributed by atoms with Gasteiger partial charge in [-0.05, 0) is 99.4 Å². The third-order valence-corrected chi connectivity index (χ3v) is 7.45. The van der Waals surface area contributed by atoms with Gasteiger partial charge in [0.2, 0.25) is 0 Å². The molecule has 0 unspecified atom stereocenters. The number of carbonyl (C=O) groups excluding carboxylic acids is 1. The lowest BCUT2D eigenvalue weighted by Gasteiger charge is -2.19. The Labute approximate surface area is 216 Å². The molecule has 1 aliphatic rings. The molecule has 0 saturated carbocycles. The van der Waals surface area contributed by atoms with E-state index in [1.807, 2.05) is 13.0 Å². The predicted molar refractivity (Wildman–Crippen MR) is 148 cm³/mol. The van der Waals surface area contributed by atoms with Crippen molar-refractivity contribution in [1.29, 1.82) is 0 Å². The molecule has 36 heavy (non-hydrogen) atoms. The van der Waals surface area contributed by atoms with Crippen LogP contribution < -0.4 is 4.74 Å². The van der Waals surface area contributed by atoms with Crippen LogP contribution in [0.4, 0.5) is 0 Å². The highest BCUT2D eigenvalue weighted by molar-refractivity contribution is 5.88. The Bertz CT molecular complexity index is 1300. The number of Topliss-reactive ketones (excluding diaryl/α,β-unsaturated/α-hetero) is 1. The van der Waals surface area contributed by atoms with Gasteiger partial charge in [0.15, 0.2) is 0 Å². The monoisotopic (exact) mass is 482 g/mol. The molecule has 3 nitrogen and oxygen atoms in total. The molecule has 3 heteroatoms. The normalized spacial score (nSPS) is 17.8. The van der Waals surface area contributed by atoms with E-state index >= 15 is 0 Å². The zero-order chi connectivity index (χ0) is 26.0. The molecule has 0 bridgehead atoms. The van der Waals surface area contributed by atoms with Gasteiger partial charge in [-0.1, -0.05) is 60.7 Å². The van der Waals surface area contributed by atoms with Crippen molar-refractivity contribution in [3.05, 3.63) is 105 Å². The van der Waals surface area contributed by atoms with Crippen molar-refractivity contribution in [2.24, 2.45) is 0 Å². The van der Waals surface area contributed by atoms with Gasteiger partial charge < -0.3 is 9.47 Å². The summed E-state index contributed by atoms with van der Waals surface area (Å²) in [5.41, 5.74) is 10.5. The Kier molecular flexibility index (Phi) is 7.80. The van der Waals surface area contributed by atoms with Gasteiger partial charge in [-0.2, -0.15) is 0 Å². The van der Waals surface area contributed by atoms with Gasteiger partial charge >= 0.3 is 0 Å². The first kappa shape index (κ1) is 25.9. The Morgan fingerprint density at radius 1 is 0.917 bits per heavy atom. The predicted octanol–water partition coefficient (Wildman–Crippen LogP) is 7.70. The first-order valence-corrected chi connectivity index (χ1v) is 12.9. The minimum absolute atomic E-state index is 0.114. The summed E-state index contributed by atoms with van der Waals surface area (Å²) in [5, 5.41) is 0. The van der Waals surface area contributed by atoms with Gasteiger partial charge in [0.05, 0.1) is 18.6 Å². The van der Waals surface area contributed by atoms with E-state index in [1.54, 1.807) is 6.92 Å². The first-order valence-electron chi connectivity index (χ1n) is 12.9. The van der Waals surface area contributed by atoms with E-state index in [2.05, 4.69) is 89.2 Å². The highest BCUT2D eigenvalue weighted by Gasteiger charge is 2.40. The summed E-state index contributed by atoms with van der Waals surface area (Å²) < 4.78 is 12.6. The van der Waals surface area contributed by atoms with Crippen LogP contribution in [0.25, 0.3) is 6.08 Å². The third kappa shape index (κ3) is 5.47. The van der Waals surface area contributed by atoms with Crippen LogP contribution in [-0.2, 0) is 16.0 Å². The maximum absolute atomic E-state index is 12.9. The molecule has 0 aliphatic carbocycles. The van der Waals surface area contributed by atoms with Crippen LogP contribution in [0.2, 0.25) is 0 Å². The second-order valence-electron chi connectivity index (χ2n) is 10.4. The summed E-state index contributed by atoms with van der Waals surface area (Å²) in [5.74, 6) is 0.631. The molecule has 3 aromatic rings. The lowest BCUT2D eigenvalue weighted by Crippen LogP contribution is -2.17. The number of benzene rings is 3. The number of hydrogen-bond donors (Lipinski definition) is 0. The topological polar surface area (TPSA) is 35.5 Å². The number of aryl methyl sites for hydroxylation is 5. The van der Waals surface area contributed by atoms with Crippen molar-refractivity contribution in [2.45, 2.75) is 73.0 Å². The van der Waals surface area contributed by atoms with Crippen LogP contribution in [0.3, 0.4) is 0 Å². The second-order valence-corrected chi connectivity index (χ2v) is 10.4. The molecular formula is C33H38O3. The smallest absolute Gasteiger partial charge is 0.141 e. The lowest BCUT2D eigenvalue weighted by molar-refractivity contribution is -0.119. The minimum atomic E-state index is -0.328. The Hall–Kier alpha value is -3.17. The maximum atomic E-state index is 12.9. The summed E-state index contributed by atoms with van der Waals surface area (Å²) in [7, 11) is 0. The van der Waals surface area contributed by atoms with E-state index in [-0.39, 0.29) is 23.9 Å². The van der Waals surface area contributed by atoms with Gasteiger partial charge in [0, 0.05) is 5.56 Å². The fraction of sp³-hybridized carbons (Fsp3) is 0.364. The summed E-state index contributed by atoms with van der Waals surface area (Å²) in [6, 6.07) is 17.1. The van der Waals surface area contributed by atoms with E-state index in [4.69, 9.17) is 9.47 Å². The SMILES string of the molecule is CC(=O)[C@H]1c2c(/C=C/CO[C@@H](C)Cc3ccc(C)c(C)c3)ccc(C)c2O[C@@H]1c1ccc(C)c(C)c1. The van der Waals surface area contributed by atoms with Crippen molar-refractivity contribution in [1.82, 2.24) is 0 Å². The van der Waals surface area contributed by atoms with Crippen LogP contribution >= 0.6 is 0 Å². The Morgan fingerprint density at radius 2 is 1.58 bits per heavy atom. The summed E-state index contributed by atoms with van der Waals surface area (Å²) in [6.45, 7) is 14.8. The molecule has 1 heterocycles. The van der Waals surface area contributed by atoms with Crippen molar-refractivity contribution in [3.63, 3.8) is 0 Å². The van der Waals surface area contributed by atoms with Crippen molar-refractivity contribution < 1.29 is 14.3 Å². The second kappa shape index (κ2) is 10.8. The standard InChI is InChI=1S/C33H38O3/c1-20-10-13-27(17-23(20)4)19-25(6)35-16-8-9-28-14-12-22(3)32-31(28)30(26(7)34)33(36-32)29-15-11-21(2)24(5)18-29/h8-15,17-18,25,30,33H,16,19H2,1-7H3/b9-8+/t25-,30-,33+/m0/s1. The molecule has 3 atom stereocenters. The molecule has 0 N–H and O–H groups in total. The van der Waals surface area contributed by atoms with Crippen LogP contribution in [0.5, 0.6) is 5.75 Å². The third-order valence-electron chi connectivity index (χ3n) is 7.45.